The third-order valence-corrected chi connectivity index (χ3v) is 4.28. The molecule has 8 nitrogen and oxygen atoms in total. The lowest BCUT2D eigenvalue weighted by Crippen LogP contribution is -2.40. The van der Waals surface area contributed by atoms with E-state index in [0.717, 1.165) is 5.56 Å². The van der Waals surface area contributed by atoms with E-state index in [4.69, 9.17) is 4.74 Å². The van der Waals surface area contributed by atoms with Crippen LogP contribution in [-0.2, 0) is 16.1 Å². The molecule has 2 atom stereocenters. The zero-order valence-electron chi connectivity index (χ0n) is 14.8. The van der Waals surface area contributed by atoms with Gasteiger partial charge in [0, 0.05) is 31.8 Å². The highest BCUT2D eigenvalue weighted by molar-refractivity contribution is 5.82. The van der Waals surface area contributed by atoms with E-state index >= 15 is 0 Å². The second kappa shape index (κ2) is 8.46. The number of nitro benzene ring substituents is 1. The van der Waals surface area contributed by atoms with Crippen molar-refractivity contribution >= 4 is 17.6 Å². The third-order valence-electron chi connectivity index (χ3n) is 4.28. The highest BCUT2D eigenvalue weighted by Gasteiger charge is 2.36. The maximum atomic E-state index is 11.9. The summed E-state index contributed by atoms with van der Waals surface area (Å²) >= 11 is 0. The van der Waals surface area contributed by atoms with Crippen molar-refractivity contribution in [2.24, 2.45) is 16.8 Å². The number of guanidine groups is 1. The number of aliphatic imine (C=N–C) groups is 1. The van der Waals surface area contributed by atoms with Gasteiger partial charge in [-0.25, -0.2) is 4.99 Å². The SMILES string of the molecule is CCNC(=NCc1cccc([N+](=O)[O-])c1)N1CC(C)C(C(=O)OC)C1. The summed E-state index contributed by atoms with van der Waals surface area (Å²) in [5.74, 6) is 0.498. The first-order valence-electron chi connectivity index (χ1n) is 8.30. The Balaban J connectivity index is 2.12. The van der Waals surface area contributed by atoms with Crippen molar-refractivity contribution in [2.45, 2.75) is 20.4 Å². The number of ether oxygens (including phenoxy) is 1. The van der Waals surface area contributed by atoms with Crippen LogP contribution in [0.15, 0.2) is 29.3 Å². The van der Waals surface area contributed by atoms with Crippen LogP contribution in [-0.4, -0.2) is 48.5 Å². The van der Waals surface area contributed by atoms with Gasteiger partial charge in [-0.1, -0.05) is 19.1 Å². The molecule has 1 aromatic carbocycles. The molecule has 1 saturated heterocycles. The van der Waals surface area contributed by atoms with Gasteiger partial charge in [0.2, 0.25) is 0 Å². The van der Waals surface area contributed by atoms with Crippen molar-refractivity contribution in [2.75, 3.05) is 26.7 Å². The fraction of sp³-hybridized carbons (Fsp3) is 0.529. The molecule has 2 rings (SSSR count). The van der Waals surface area contributed by atoms with Gasteiger partial charge in [-0.3, -0.25) is 14.9 Å². The molecule has 0 bridgehead atoms. The van der Waals surface area contributed by atoms with Crippen LogP contribution < -0.4 is 5.32 Å². The Hall–Kier alpha value is -2.64. The zero-order valence-corrected chi connectivity index (χ0v) is 14.8. The smallest absolute Gasteiger partial charge is 0.310 e. The number of non-ortho nitro benzene ring substituents is 1. The first-order valence-corrected chi connectivity index (χ1v) is 8.30. The maximum Gasteiger partial charge on any atom is 0.310 e. The Morgan fingerprint density at radius 2 is 2.24 bits per heavy atom. The predicted molar refractivity (Wildman–Crippen MR) is 94.2 cm³/mol. The van der Waals surface area contributed by atoms with Crippen LogP contribution in [0.5, 0.6) is 0 Å². The number of carbonyl (C=O) groups excluding carboxylic acids is 1. The normalized spacial score (nSPS) is 20.4. The van der Waals surface area contributed by atoms with Gasteiger partial charge in [-0.2, -0.15) is 0 Å². The van der Waals surface area contributed by atoms with Crippen molar-refractivity contribution in [1.29, 1.82) is 0 Å². The minimum atomic E-state index is -0.415. The number of nitrogens with zero attached hydrogens (tertiary/aromatic N) is 3. The van der Waals surface area contributed by atoms with Crippen LogP contribution in [0.25, 0.3) is 0 Å². The molecule has 1 fully saturated rings. The average Bonchev–Trinajstić information content (AvgIpc) is 2.99. The molecule has 1 N–H and O–H groups in total. The summed E-state index contributed by atoms with van der Waals surface area (Å²) in [5.41, 5.74) is 0.819. The minimum absolute atomic E-state index is 0.0539. The standard InChI is InChI=1S/C17H24N4O4/c1-4-18-17(20-10-12(2)15(11-20)16(22)25-3)19-9-13-6-5-7-14(8-13)21(23)24/h5-8,12,15H,4,9-11H2,1-3H3,(H,18,19). The molecule has 0 spiro atoms. The lowest BCUT2D eigenvalue weighted by molar-refractivity contribution is -0.384. The van der Waals surface area contributed by atoms with Gasteiger partial charge in [0.25, 0.3) is 5.69 Å². The van der Waals surface area contributed by atoms with Gasteiger partial charge >= 0.3 is 5.97 Å². The second-order valence-corrected chi connectivity index (χ2v) is 6.11. The number of benzene rings is 1. The summed E-state index contributed by atoms with van der Waals surface area (Å²) in [4.78, 5) is 28.9. The highest BCUT2D eigenvalue weighted by atomic mass is 16.6. The topological polar surface area (TPSA) is 97.1 Å². The Bertz CT molecular complexity index is 662. The van der Waals surface area contributed by atoms with Crippen molar-refractivity contribution in [3.05, 3.63) is 39.9 Å². The summed E-state index contributed by atoms with van der Waals surface area (Å²) in [7, 11) is 1.40. The van der Waals surface area contributed by atoms with Gasteiger partial charge in [0.15, 0.2) is 5.96 Å². The predicted octanol–water partition coefficient (Wildman–Crippen LogP) is 1.80. The van der Waals surface area contributed by atoms with Crippen molar-refractivity contribution < 1.29 is 14.5 Å². The summed E-state index contributed by atoms with van der Waals surface area (Å²) in [6.45, 7) is 6.28. The van der Waals surface area contributed by atoms with Gasteiger partial charge < -0.3 is 15.0 Å². The van der Waals surface area contributed by atoms with Gasteiger partial charge in [-0.05, 0) is 18.4 Å². The lowest BCUT2D eigenvalue weighted by Gasteiger charge is -2.21. The largest absolute Gasteiger partial charge is 0.469 e. The molecule has 25 heavy (non-hydrogen) atoms. The average molecular weight is 348 g/mol. The molecule has 2 unspecified atom stereocenters. The first kappa shape index (κ1) is 18.7. The van der Waals surface area contributed by atoms with Crippen LogP contribution in [0, 0.1) is 22.0 Å². The molecule has 0 aromatic heterocycles. The van der Waals surface area contributed by atoms with E-state index in [0.29, 0.717) is 32.1 Å². The molecule has 0 amide bonds. The molecule has 0 saturated carbocycles. The summed E-state index contributed by atoms with van der Waals surface area (Å²) < 4.78 is 4.87. The quantitative estimate of drug-likeness (QED) is 0.286. The fourth-order valence-electron chi connectivity index (χ4n) is 2.96. The molecule has 0 radical (unpaired) electrons. The Labute approximate surface area is 147 Å². The van der Waals surface area contributed by atoms with Crippen LogP contribution >= 0.6 is 0 Å². The number of likely N-dealkylation sites (tertiary alicyclic amines) is 1. The molecule has 136 valence electrons. The lowest BCUT2D eigenvalue weighted by atomic mass is 9.99. The number of nitrogens with one attached hydrogen (secondary N) is 1. The number of hydrogen-bond acceptors (Lipinski definition) is 5. The Morgan fingerprint density at radius 1 is 1.48 bits per heavy atom. The van der Waals surface area contributed by atoms with Crippen LogP contribution in [0.4, 0.5) is 5.69 Å². The monoisotopic (exact) mass is 348 g/mol. The fourth-order valence-corrected chi connectivity index (χ4v) is 2.96. The number of esters is 1. The molecule has 8 heteroatoms. The van der Waals surface area contributed by atoms with Crippen molar-refractivity contribution in [1.82, 2.24) is 10.2 Å². The van der Waals surface area contributed by atoms with E-state index in [1.54, 1.807) is 6.07 Å². The maximum absolute atomic E-state index is 11.9. The van der Waals surface area contributed by atoms with E-state index in [1.807, 2.05) is 24.8 Å². The summed E-state index contributed by atoms with van der Waals surface area (Å²) in [6.07, 6.45) is 0. The van der Waals surface area contributed by atoms with E-state index in [2.05, 4.69) is 10.3 Å². The van der Waals surface area contributed by atoms with Gasteiger partial charge in [-0.15, -0.1) is 0 Å². The van der Waals surface area contributed by atoms with Crippen molar-refractivity contribution in [3.8, 4) is 0 Å². The number of carbonyl (C=O) groups is 1. The van der Waals surface area contributed by atoms with Crippen LogP contribution in [0.1, 0.15) is 19.4 Å². The molecule has 1 heterocycles. The number of nitro groups is 1. The number of hydrogen-bond donors (Lipinski definition) is 1. The Morgan fingerprint density at radius 3 is 2.88 bits per heavy atom. The van der Waals surface area contributed by atoms with E-state index < -0.39 is 4.92 Å². The highest BCUT2D eigenvalue weighted by Crippen LogP contribution is 2.24. The van der Waals surface area contributed by atoms with E-state index in [9.17, 15) is 14.9 Å². The van der Waals surface area contributed by atoms with Gasteiger partial charge in [0.1, 0.15) is 0 Å². The molecular weight excluding hydrogens is 324 g/mol. The molecule has 1 aliphatic heterocycles. The van der Waals surface area contributed by atoms with Crippen molar-refractivity contribution in [3.63, 3.8) is 0 Å². The zero-order chi connectivity index (χ0) is 18.4. The van der Waals surface area contributed by atoms with E-state index in [-0.39, 0.29) is 23.5 Å². The van der Waals surface area contributed by atoms with Crippen LogP contribution in [0.3, 0.4) is 0 Å². The van der Waals surface area contributed by atoms with E-state index in [1.165, 1.54) is 19.2 Å². The minimum Gasteiger partial charge on any atom is -0.469 e. The number of rotatable bonds is 5. The second-order valence-electron chi connectivity index (χ2n) is 6.11. The first-order chi connectivity index (χ1) is 12.0. The molecule has 0 aliphatic carbocycles. The molecule has 1 aliphatic rings. The van der Waals surface area contributed by atoms with Crippen LogP contribution in [0.2, 0.25) is 0 Å². The Kier molecular flexibility index (Phi) is 6.32. The summed E-state index contributed by atoms with van der Waals surface area (Å²) in [5, 5.41) is 14.1. The summed E-state index contributed by atoms with van der Waals surface area (Å²) in [6, 6.07) is 6.45. The number of methoxy groups -OCH3 is 1. The molecular formula is C17H24N4O4. The molecule has 1 aromatic rings. The van der Waals surface area contributed by atoms with Gasteiger partial charge in [0.05, 0.1) is 24.5 Å². The third kappa shape index (κ3) is 4.68.